The predicted molar refractivity (Wildman–Crippen MR) is 121 cm³/mol. The number of hydrogen-bond acceptors (Lipinski definition) is 6. The predicted octanol–water partition coefficient (Wildman–Crippen LogP) is 5.71. The Morgan fingerprint density at radius 3 is 2.73 bits per heavy atom. The van der Waals surface area contributed by atoms with Crippen LogP contribution in [0.25, 0.3) is 11.3 Å². The maximum atomic E-state index is 9.18. The molecule has 30 heavy (non-hydrogen) atoms. The van der Waals surface area contributed by atoms with Crippen LogP contribution in [-0.2, 0) is 6.61 Å². The van der Waals surface area contributed by atoms with Gasteiger partial charge in [0, 0.05) is 16.5 Å². The minimum absolute atomic E-state index is 0.337. The van der Waals surface area contributed by atoms with E-state index in [0.717, 1.165) is 27.5 Å². The second-order valence-corrected chi connectivity index (χ2v) is 7.26. The van der Waals surface area contributed by atoms with Crippen LogP contribution in [0, 0.1) is 11.3 Å². The summed E-state index contributed by atoms with van der Waals surface area (Å²) in [4.78, 5) is 4.55. The molecule has 0 atom stereocenters. The summed E-state index contributed by atoms with van der Waals surface area (Å²) in [5.41, 5.74) is 7.36. The van der Waals surface area contributed by atoms with Crippen LogP contribution >= 0.6 is 11.3 Å². The highest BCUT2D eigenvalue weighted by Crippen LogP contribution is 2.24. The molecule has 4 rings (SSSR count). The van der Waals surface area contributed by atoms with Crippen LogP contribution in [0.4, 0.5) is 5.13 Å². The van der Waals surface area contributed by atoms with Gasteiger partial charge in [0.25, 0.3) is 0 Å². The molecular weight excluding hydrogens is 392 g/mol. The van der Waals surface area contributed by atoms with E-state index < -0.39 is 0 Å². The molecule has 146 valence electrons. The zero-order valence-corrected chi connectivity index (χ0v) is 16.8. The molecule has 0 amide bonds. The minimum atomic E-state index is 0.337. The van der Waals surface area contributed by atoms with Crippen molar-refractivity contribution in [2.45, 2.75) is 6.61 Å². The molecule has 4 aromatic rings. The van der Waals surface area contributed by atoms with Crippen LogP contribution in [0.5, 0.6) is 5.75 Å². The fourth-order valence-corrected chi connectivity index (χ4v) is 3.50. The summed E-state index contributed by atoms with van der Waals surface area (Å²) in [6.45, 7) is 0.337. The van der Waals surface area contributed by atoms with E-state index in [-0.39, 0.29) is 0 Å². The molecule has 0 spiro atoms. The van der Waals surface area contributed by atoms with E-state index in [0.29, 0.717) is 17.9 Å². The van der Waals surface area contributed by atoms with E-state index in [4.69, 9.17) is 4.74 Å². The van der Waals surface area contributed by atoms with Crippen molar-refractivity contribution in [3.05, 3.63) is 101 Å². The third kappa shape index (κ3) is 4.90. The van der Waals surface area contributed by atoms with Gasteiger partial charge in [-0.25, -0.2) is 4.98 Å². The second-order valence-electron chi connectivity index (χ2n) is 6.40. The van der Waals surface area contributed by atoms with E-state index in [9.17, 15) is 5.26 Å². The maximum Gasteiger partial charge on any atom is 0.203 e. The number of hydrogen-bond donors (Lipinski definition) is 1. The van der Waals surface area contributed by atoms with Crippen molar-refractivity contribution in [1.29, 1.82) is 5.26 Å². The molecule has 1 heterocycles. The molecule has 0 aliphatic carbocycles. The summed E-state index contributed by atoms with van der Waals surface area (Å²) >= 11 is 1.50. The number of rotatable bonds is 7. The number of ether oxygens (including phenoxy) is 1. The summed E-state index contributed by atoms with van der Waals surface area (Å²) in [5, 5.41) is 16.2. The SMILES string of the molecule is N#Cc1ccccc1COc1cccc(C=NNc2nc(-c3ccccc3)cs2)c1. The van der Waals surface area contributed by atoms with Crippen molar-refractivity contribution in [3.63, 3.8) is 0 Å². The molecule has 0 saturated carbocycles. The number of benzene rings is 3. The van der Waals surface area contributed by atoms with Gasteiger partial charge in [-0.2, -0.15) is 10.4 Å². The van der Waals surface area contributed by atoms with Crippen LogP contribution in [0.3, 0.4) is 0 Å². The highest BCUT2D eigenvalue weighted by molar-refractivity contribution is 7.14. The van der Waals surface area contributed by atoms with E-state index in [2.05, 4.69) is 21.6 Å². The van der Waals surface area contributed by atoms with E-state index >= 15 is 0 Å². The quantitative estimate of drug-likeness (QED) is 0.313. The molecule has 0 aliphatic heterocycles. The largest absolute Gasteiger partial charge is 0.489 e. The normalized spacial score (nSPS) is 10.6. The van der Waals surface area contributed by atoms with Crippen LogP contribution in [-0.4, -0.2) is 11.2 Å². The monoisotopic (exact) mass is 410 g/mol. The molecule has 0 radical (unpaired) electrons. The summed E-state index contributed by atoms with van der Waals surface area (Å²) in [6, 6.07) is 27.3. The Labute approximate surface area is 178 Å². The average molecular weight is 411 g/mol. The minimum Gasteiger partial charge on any atom is -0.489 e. The highest BCUT2D eigenvalue weighted by atomic mass is 32.1. The molecule has 0 unspecified atom stereocenters. The lowest BCUT2D eigenvalue weighted by Gasteiger charge is -2.08. The molecule has 0 saturated heterocycles. The Balaban J connectivity index is 1.37. The van der Waals surface area contributed by atoms with Crippen molar-refractivity contribution in [2.75, 3.05) is 5.43 Å². The lowest BCUT2D eigenvalue weighted by molar-refractivity contribution is 0.306. The molecule has 6 heteroatoms. The first-order chi connectivity index (χ1) is 14.8. The summed E-state index contributed by atoms with van der Waals surface area (Å²) in [7, 11) is 0. The van der Waals surface area contributed by atoms with Gasteiger partial charge in [0.15, 0.2) is 0 Å². The molecule has 1 N–H and O–H groups in total. The van der Waals surface area contributed by atoms with Crippen molar-refractivity contribution in [3.8, 4) is 23.1 Å². The number of thiazole rings is 1. The van der Waals surface area contributed by atoms with E-state index in [1.54, 1.807) is 12.3 Å². The Morgan fingerprint density at radius 2 is 1.87 bits per heavy atom. The second kappa shape index (κ2) is 9.50. The molecule has 5 nitrogen and oxygen atoms in total. The molecule has 0 bridgehead atoms. The Kier molecular flexibility index (Phi) is 6.13. The van der Waals surface area contributed by atoms with Crippen LogP contribution in [0.15, 0.2) is 89.3 Å². The number of nitrogens with one attached hydrogen (secondary N) is 1. The zero-order chi connectivity index (χ0) is 20.6. The lowest BCUT2D eigenvalue weighted by Crippen LogP contribution is -1.98. The fourth-order valence-electron chi connectivity index (χ4n) is 2.83. The molecule has 1 aromatic heterocycles. The first-order valence-corrected chi connectivity index (χ1v) is 10.2. The van der Waals surface area contributed by atoms with Crippen LogP contribution in [0.1, 0.15) is 16.7 Å². The van der Waals surface area contributed by atoms with Gasteiger partial charge in [-0.15, -0.1) is 11.3 Å². The highest BCUT2D eigenvalue weighted by Gasteiger charge is 2.04. The summed E-state index contributed by atoms with van der Waals surface area (Å²) < 4.78 is 5.85. The van der Waals surface area contributed by atoms with Gasteiger partial charge in [0.1, 0.15) is 12.4 Å². The van der Waals surface area contributed by atoms with Crippen molar-refractivity contribution in [2.24, 2.45) is 5.10 Å². The maximum absolute atomic E-state index is 9.18. The van der Waals surface area contributed by atoms with E-state index in [1.165, 1.54) is 11.3 Å². The Hall–Kier alpha value is -3.95. The van der Waals surface area contributed by atoms with Gasteiger partial charge in [-0.1, -0.05) is 60.7 Å². The van der Waals surface area contributed by atoms with Crippen molar-refractivity contribution < 1.29 is 4.74 Å². The van der Waals surface area contributed by atoms with Crippen molar-refractivity contribution in [1.82, 2.24) is 4.98 Å². The van der Waals surface area contributed by atoms with Gasteiger partial charge in [-0.05, 0) is 23.8 Å². The standard InChI is InChI=1S/C24H18N4OS/c25-14-20-10-4-5-11-21(20)16-29-22-12-6-7-18(13-22)15-26-28-24-27-23(17-30-24)19-8-2-1-3-9-19/h1-13,15,17H,16H2,(H,27,28). The van der Waals surface area contributed by atoms with Crippen molar-refractivity contribution >= 4 is 22.7 Å². The number of hydrazone groups is 1. The fraction of sp³-hybridized carbons (Fsp3) is 0.0417. The topological polar surface area (TPSA) is 70.3 Å². The van der Waals surface area contributed by atoms with Crippen LogP contribution in [0.2, 0.25) is 0 Å². The third-order valence-electron chi connectivity index (χ3n) is 4.34. The molecule has 3 aromatic carbocycles. The van der Waals surface area contributed by atoms with Gasteiger partial charge in [0.05, 0.1) is 23.5 Å². The van der Waals surface area contributed by atoms with Crippen LogP contribution < -0.4 is 10.2 Å². The third-order valence-corrected chi connectivity index (χ3v) is 5.08. The number of nitriles is 1. The Bertz CT molecular complexity index is 1200. The zero-order valence-electron chi connectivity index (χ0n) is 16.0. The van der Waals surface area contributed by atoms with Gasteiger partial charge in [-0.3, -0.25) is 5.43 Å². The first kappa shape index (κ1) is 19.4. The number of aromatic nitrogens is 1. The smallest absolute Gasteiger partial charge is 0.203 e. The summed E-state index contributed by atoms with van der Waals surface area (Å²) in [5.74, 6) is 0.715. The molecule has 0 fully saturated rings. The Morgan fingerprint density at radius 1 is 1.03 bits per heavy atom. The molecule has 0 aliphatic rings. The van der Waals surface area contributed by atoms with Gasteiger partial charge >= 0.3 is 0 Å². The van der Waals surface area contributed by atoms with Gasteiger partial charge < -0.3 is 4.74 Å². The first-order valence-electron chi connectivity index (χ1n) is 9.33. The summed E-state index contributed by atoms with van der Waals surface area (Å²) in [6.07, 6.45) is 1.72. The average Bonchev–Trinajstić information content (AvgIpc) is 3.28. The number of anilines is 1. The lowest BCUT2D eigenvalue weighted by atomic mass is 10.1. The van der Waals surface area contributed by atoms with Gasteiger partial charge in [0.2, 0.25) is 5.13 Å². The number of nitrogens with zero attached hydrogens (tertiary/aromatic N) is 3. The van der Waals surface area contributed by atoms with E-state index in [1.807, 2.05) is 78.2 Å². The molecular formula is C24H18N4OS.